The zero-order valence-electron chi connectivity index (χ0n) is 17.1. The molecule has 0 saturated heterocycles. The van der Waals surface area contributed by atoms with E-state index in [1.807, 2.05) is 26.0 Å². The summed E-state index contributed by atoms with van der Waals surface area (Å²) in [6.45, 7) is 4.61. The molecule has 1 aliphatic rings. The summed E-state index contributed by atoms with van der Waals surface area (Å²) < 4.78 is 22.1. The van der Waals surface area contributed by atoms with Crippen molar-refractivity contribution in [2.75, 3.05) is 13.7 Å². The molecule has 0 bridgehead atoms. The molecule has 7 heteroatoms. The molecule has 0 unspecified atom stereocenters. The second kappa shape index (κ2) is 8.10. The molecule has 7 nitrogen and oxygen atoms in total. The van der Waals surface area contributed by atoms with Gasteiger partial charge in [0, 0.05) is 29.5 Å². The minimum absolute atomic E-state index is 0.0697. The van der Waals surface area contributed by atoms with E-state index in [-0.39, 0.29) is 18.2 Å². The van der Waals surface area contributed by atoms with E-state index in [1.165, 1.54) is 13.2 Å². The van der Waals surface area contributed by atoms with Gasteiger partial charge in [0.05, 0.1) is 13.7 Å². The predicted octanol–water partition coefficient (Wildman–Crippen LogP) is 3.45. The van der Waals surface area contributed by atoms with Gasteiger partial charge in [-0.1, -0.05) is 12.1 Å². The van der Waals surface area contributed by atoms with Crippen molar-refractivity contribution < 1.29 is 23.4 Å². The molecule has 1 amide bonds. The Balaban J connectivity index is 1.59. The quantitative estimate of drug-likeness (QED) is 0.628. The Morgan fingerprint density at radius 1 is 1.23 bits per heavy atom. The number of para-hydroxylation sites is 1. The molecule has 0 radical (unpaired) electrons. The van der Waals surface area contributed by atoms with Crippen molar-refractivity contribution >= 4 is 16.9 Å². The number of hydrogen-bond acceptors (Lipinski definition) is 6. The molecule has 0 spiro atoms. The Bertz CT molecular complexity index is 1170. The Morgan fingerprint density at radius 3 is 2.83 bits per heavy atom. The largest absolute Gasteiger partial charge is 0.494 e. The first-order valence-corrected chi connectivity index (χ1v) is 9.84. The van der Waals surface area contributed by atoms with Crippen LogP contribution in [0, 0.1) is 0 Å². The fourth-order valence-corrected chi connectivity index (χ4v) is 3.62. The molecule has 2 heterocycles. The molecule has 156 valence electrons. The van der Waals surface area contributed by atoms with E-state index < -0.39 is 11.5 Å². The van der Waals surface area contributed by atoms with Crippen LogP contribution in [-0.2, 0) is 13.0 Å². The Hall–Kier alpha value is -3.48. The van der Waals surface area contributed by atoms with Gasteiger partial charge in [-0.25, -0.2) is 4.79 Å². The van der Waals surface area contributed by atoms with Crippen LogP contribution >= 0.6 is 0 Å². The number of methoxy groups -OCH3 is 1. The van der Waals surface area contributed by atoms with Crippen molar-refractivity contribution in [3.63, 3.8) is 0 Å². The normalized spacial score (nSPS) is 14.8. The van der Waals surface area contributed by atoms with Gasteiger partial charge in [-0.15, -0.1) is 0 Å². The number of fused-ring (bicyclic) bond motifs is 2. The molecular weight excluding hydrogens is 386 g/mol. The molecule has 0 aliphatic carbocycles. The standard InChI is InChI=1S/C23H23NO6/c1-4-28-19-10-15-8-13(2)29-20(15)11-16(19)12-24-22(25)17-9-14-6-5-7-18(27-3)21(14)30-23(17)26/h5-7,9-11,13H,4,8,12H2,1-3H3,(H,24,25)/t13-/m1/s1. The molecule has 1 aliphatic heterocycles. The highest BCUT2D eigenvalue weighted by Crippen LogP contribution is 2.35. The number of hydrogen-bond donors (Lipinski definition) is 1. The van der Waals surface area contributed by atoms with E-state index >= 15 is 0 Å². The molecular formula is C23H23NO6. The van der Waals surface area contributed by atoms with Gasteiger partial charge in [0.2, 0.25) is 0 Å². The third-order valence-electron chi connectivity index (χ3n) is 5.01. The van der Waals surface area contributed by atoms with Gasteiger partial charge in [0.15, 0.2) is 11.3 Å². The number of carbonyl (C=O) groups is 1. The van der Waals surface area contributed by atoms with Crippen LogP contribution < -0.4 is 25.2 Å². The highest BCUT2D eigenvalue weighted by Gasteiger charge is 2.22. The molecule has 2 aromatic carbocycles. The Labute approximate surface area is 173 Å². The summed E-state index contributed by atoms with van der Waals surface area (Å²) in [5, 5.41) is 3.39. The van der Waals surface area contributed by atoms with Crippen molar-refractivity contribution in [3.8, 4) is 17.2 Å². The number of carbonyl (C=O) groups excluding carboxylic acids is 1. The van der Waals surface area contributed by atoms with Gasteiger partial charge in [-0.3, -0.25) is 4.79 Å². The Kier molecular flexibility index (Phi) is 5.35. The maximum atomic E-state index is 12.7. The lowest BCUT2D eigenvalue weighted by molar-refractivity contribution is 0.0947. The van der Waals surface area contributed by atoms with Crippen LogP contribution in [0.15, 0.2) is 45.6 Å². The lowest BCUT2D eigenvalue weighted by Crippen LogP contribution is -2.28. The van der Waals surface area contributed by atoms with Crippen molar-refractivity contribution in [2.24, 2.45) is 0 Å². The zero-order chi connectivity index (χ0) is 21.3. The molecule has 1 atom stereocenters. The summed E-state index contributed by atoms with van der Waals surface area (Å²) in [6, 6.07) is 10.6. The minimum Gasteiger partial charge on any atom is -0.494 e. The second-order valence-corrected chi connectivity index (χ2v) is 7.14. The molecule has 30 heavy (non-hydrogen) atoms. The van der Waals surface area contributed by atoms with E-state index in [0.29, 0.717) is 29.1 Å². The van der Waals surface area contributed by atoms with Gasteiger partial charge in [0.1, 0.15) is 23.2 Å². The topological polar surface area (TPSA) is 87.0 Å². The smallest absolute Gasteiger partial charge is 0.349 e. The lowest BCUT2D eigenvalue weighted by Gasteiger charge is -2.13. The van der Waals surface area contributed by atoms with Crippen molar-refractivity contribution in [3.05, 3.63) is 63.5 Å². The van der Waals surface area contributed by atoms with Crippen molar-refractivity contribution in [1.29, 1.82) is 0 Å². The Morgan fingerprint density at radius 2 is 2.07 bits per heavy atom. The van der Waals surface area contributed by atoms with Crippen LogP contribution in [0.25, 0.3) is 11.0 Å². The van der Waals surface area contributed by atoms with Gasteiger partial charge in [0.25, 0.3) is 5.91 Å². The van der Waals surface area contributed by atoms with Gasteiger partial charge in [-0.2, -0.15) is 0 Å². The molecule has 0 fully saturated rings. The van der Waals surface area contributed by atoms with E-state index in [1.54, 1.807) is 18.2 Å². The number of amides is 1. The maximum absolute atomic E-state index is 12.7. The van der Waals surface area contributed by atoms with E-state index in [4.69, 9.17) is 18.6 Å². The summed E-state index contributed by atoms with van der Waals surface area (Å²) in [6.07, 6.45) is 0.933. The summed E-state index contributed by atoms with van der Waals surface area (Å²) >= 11 is 0. The van der Waals surface area contributed by atoms with Crippen LogP contribution in [-0.4, -0.2) is 25.7 Å². The van der Waals surface area contributed by atoms with Crippen LogP contribution in [0.3, 0.4) is 0 Å². The highest BCUT2D eigenvalue weighted by molar-refractivity contribution is 5.97. The summed E-state index contributed by atoms with van der Waals surface area (Å²) in [5.41, 5.74) is 1.39. The first kappa shape index (κ1) is 19.8. The zero-order valence-corrected chi connectivity index (χ0v) is 17.1. The third-order valence-corrected chi connectivity index (χ3v) is 5.01. The summed E-state index contributed by atoms with van der Waals surface area (Å²) in [4.78, 5) is 25.1. The third kappa shape index (κ3) is 3.70. The summed E-state index contributed by atoms with van der Waals surface area (Å²) in [7, 11) is 1.49. The predicted molar refractivity (Wildman–Crippen MR) is 112 cm³/mol. The first-order valence-electron chi connectivity index (χ1n) is 9.84. The summed E-state index contributed by atoms with van der Waals surface area (Å²) in [5.74, 6) is 1.41. The van der Waals surface area contributed by atoms with Gasteiger partial charge < -0.3 is 23.9 Å². The van der Waals surface area contributed by atoms with Gasteiger partial charge >= 0.3 is 5.63 Å². The fraction of sp³-hybridized carbons (Fsp3) is 0.304. The fourth-order valence-electron chi connectivity index (χ4n) is 3.62. The first-order chi connectivity index (χ1) is 14.5. The van der Waals surface area contributed by atoms with Crippen LogP contribution in [0.5, 0.6) is 17.2 Å². The number of nitrogens with one attached hydrogen (secondary N) is 1. The maximum Gasteiger partial charge on any atom is 0.349 e. The van der Waals surface area contributed by atoms with Crippen LogP contribution in [0.2, 0.25) is 0 Å². The molecule has 1 aromatic heterocycles. The molecule has 1 N–H and O–H groups in total. The SMILES string of the molecule is CCOc1cc2c(cc1CNC(=O)c1cc3cccc(OC)c3oc1=O)O[C@H](C)C2. The lowest BCUT2D eigenvalue weighted by atomic mass is 10.1. The second-order valence-electron chi connectivity index (χ2n) is 7.14. The number of benzene rings is 2. The molecule has 0 saturated carbocycles. The molecule has 3 aromatic rings. The number of rotatable bonds is 6. The van der Waals surface area contributed by atoms with Crippen molar-refractivity contribution in [1.82, 2.24) is 5.32 Å². The van der Waals surface area contributed by atoms with E-state index in [9.17, 15) is 9.59 Å². The molecule has 4 rings (SSSR count). The number of ether oxygens (including phenoxy) is 3. The van der Waals surface area contributed by atoms with E-state index in [2.05, 4.69) is 5.32 Å². The van der Waals surface area contributed by atoms with Gasteiger partial charge in [-0.05, 0) is 38.1 Å². The van der Waals surface area contributed by atoms with Crippen molar-refractivity contribution in [2.45, 2.75) is 32.9 Å². The van der Waals surface area contributed by atoms with E-state index in [0.717, 1.165) is 23.3 Å². The average molecular weight is 409 g/mol. The van der Waals surface area contributed by atoms with Crippen LogP contribution in [0.1, 0.15) is 35.3 Å². The highest BCUT2D eigenvalue weighted by atomic mass is 16.5. The van der Waals surface area contributed by atoms with Crippen LogP contribution in [0.4, 0.5) is 0 Å². The monoisotopic (exact) mass is 409 g/mol. The minimum atomic E-state index is -0.722. The average Bonchev–Trinajstić information content (AvgIpc) is 3.09.